The van der Waals surface area contributed by atoms with E-state index in [9.17, 15) is 4.79 Å². The maximum absolute atomic E-state index is 12.9. The van der Waals surface area contributed by atoms with E-state index in [1.54, 1.807) is 0 Å². The summed E-state index contributed by atoms with van der Waals surface area (Å²) in [6.07, 6.45) is 5.90. The molecule has 3 nitrogen and oxygen atoms in total. The SMILES string of the molecule is CCCN(C(=O)C[C@@H]1CCC[C@H]1N)C(CC)c1ccccc1.Cl. The van der Waals surface area contributed by atoms with Crippen molar-refractivity contribution in [1.29, 1.82) is 0 Å². The standard InChI is InChI=1S/C19H30N2O.ClH/c1-3-13-21(18(4-2)15-9-6-5-7-10-15)19(22)14-16-11-8-12-17(16)20;/h5-7,9-10,16-18H,3-4,8,11-14,20H2,1-2H3;1H/t16-,17+,18?;/m0./s1. The smallest absolute Gasteiger partial charge is 0.223 e. The van der Waals surface area contributed by atoms with Crippen molar-refractivity contribution in [1.82, 2.24) is 4.90 Å². The van der Waals surface area contributed by atoms with Crippen LogP contribution in [-0.2, 0) is 4.79 Å². The van der Waals surface area contributed by atoms with E-state index in [1.165, 1.54) is 12.0 Å². The van der Waals surface area contributed by atoms with Crippen molar-refractivity contribution in [2.75, 3.05) is 6.54 Å². The monoisotopic (exact) mass is 338 g/mol. The number of halogens is 1. The van der Waals surface area contributed by atoms with Crippen LogP contribution >= 0.6 is 12.4 Å². The molecule has 0 aromatic heterocycles. The molecule has 3 atom stereocenters. The van der Waals surface area contributed by atoms with Gasteiger partial charge in [0.2, 0.25) is 5.91 Å². The number of benzene rings is 1. The maximum Gasteiger partial charge on any atom is 0.223 e. The topological polar surface area (TPSA) is 46.3 Å². The second kappa shape index (κ2) is 9.94. The summed E-state index contributed by atoms with van der Waals surface area (Å²) in [4.78, 5) is 15.0. The molecule has 1 amide bonds. The number of rotatable bonds is 7. The predicted molar refractivity (Wildman–Crippen MR) is 98.7 cm³/mol. The number of nitrogens with two attached hydrogens (primary N) is 1. The molecule has 0 bridgehead atoms. The lowest BCUT2D eigenvalue weighted by molar-refractivity contribution is -0.135. The van der Waals surface area contributed by atoms with Gasteiger partial charge < -0.3 is 10.6 Å². The van der Waals surface area contributed by atoms with Gasteiger partial charge in [-0.3, -0.25) is 4.79 Å². The van der Waals surface area contributed by atoms with Crippen LogP contribution < -0.4 is 5.73 Å². The average Bonchev–Trinajstić information content (AvgIpc) is 2.93. The zero-order valence-corrected chi connectivity index (χ0v) is 15.2. The number of nitrogens with zero attached hydrogens (tertiary/aromatic N) is 1. The second-order valence-electron chi connectivity index (χ2n) is 6.48. The van der Waals surface area contributed by atoms with Crippen LogP contribution in [0.2, 0.25) is 0 Å². The van der Waals surface area contributed by atoms with E-state index >= 15 is 0 Å². The summed E-state index contributed by atoms with van der Waals surface area (Å²) in [6, 6.07) is 10.8. The first-order valence-corrected chi connectivity index (χ1v) is 8.77. The first-order chi connectivity index (χ1) is 10.7. The molecule has 1 fully saturated rings. The molecular formula is C19H31ClN2O. The van der Waals surface area contributed by atoms with E-state index in [2.05, 4.69) is 43.0 Å². The first-order valence-electron chi connectivity index (χ1n) is 8.77. The summed E-state index contributed by atoms with van der Waals surface area (Å²) in [5.74, 6) is 0.653. The number of carbonyl (C=O) groups is 1. The second-order valence-corrected chi connectivity index (χ2v) is 6.48. The van der Waals surface area contributed by atoms with E-state index in [-0.39, 0.29) is 30.4 Å². The van der Waals surface area contributed by atoms with Gasteiger partial charge in [0.05, 0.1) is 6.04 Å². The van der Waals surface area contributed by atoms with Gasteiger partial charge in [0.15, 0.2) is 0 Å². The van der Waals surface area contributed by atoms with E-state index in [4.69, 9.17) is 5.73 Å². The van der Waals surface area contributed by atoms with Gasteiger partial charge in [0, 0.05) is 19.0 Å². The Morgan fingerprint density at radius 3 is 2.48 bits per heavy atom. The lowest BCUT2D eigenvalue weighted by Crippen LogP contribution is -2.38. The Hall–Kier alpha value is -1.06. The third kappa shape index (κ3) is 5.22. The van der Waals surface area contributed by atoms with Crippen molar-refractivity contribution in [3.05, 3.63) is 35.9 Å². The highest BCUT2D eigenvalue weighted by Gasteiger charge is 2.30. The van der Waals surface area contributed by atoms with Crippen LogP contribution in [-0.4, -0.2) is 23.4 Å². The van der Waals surface area contributed by atoms with Crippen LogP contribution in [0.15, 0.2) is 30.3 Å². The highest BCUT2D eigenvalue weighted by atomic mass is 35.5. The fraction of sp³-hybridized carbons (Fsp3) is 0.632. The van der Waals surface area contributed by atoms with E-state index in [1.807, 2.05) is 6.07 Å². The number of hydrogen-bond acceptors (Lipinski definition) is 2. The molecule has 1 unspecified atom stereocenters. The van der Waals surface area contributed by atoms with Crippen molar-refractivity contribution >= 4 is 18.3 Å². The molecule has 0 spiro atoms. The van der Waals surface area contributed by atoms with E-state index in [0.717, 1.165) is 32.2 Å². The Labute approximate surface area is 147 Å². The molecule has 1 aliphatic carbocycles. The van der Waals surface area contributed by atoms with E-state index < -0.39 is 0 Å². The average molecular weight is 339 g/mol. The molecule has 1 aromatic carbocycles. The van der Waals surface area contributed by atoms with Gasteiger partial charge in [-0.15, -0.1) is 12.4 Å². The summed E-state index contributed by atoms with van der Waals surface area (Å²) >= 11 is 0. The largest absolute Gasteiger partial charge is 0.336 e. The van der Waals surface area contributed by atoms with Gasteiger partial charge in [-0.05, 0) is 37.2 Å². The molecule has 0 saturated heterocycles. The minimum Gasteiger partial charge on any atom is -0.336 e. The summed E-state index contributed by atoms with van der Waals surface area (Å²) in [5.41, 5.74) is 7.39. The molecule has 1 saturated carbocycles. The molecule has 4 heteroatoms. The molecular weight excluding hydrogens is 308 g/mol. The predicted octanol–water partition coefficient (Wildman–Crippen LogP) is 4.32. The molecule has 130 valence electrons. The van der Waals surface area contributed by atoms with Gasteiger partial charge in [0.25, 0.3) is 0 Å². The van der Waals surface area contributed by atoms with Crippen molar-refractivity contribution in [2.24, 2.45) is 11.7 Å². The van der Waals surface area contributed by atoms with Gasteiger partial charge in [-0.2, -0.15) is 0 Å². The normalized spacial score (nSPS) is 21.5. The van der Waals surface area contributed by atoms with Crippen LogP contribution in [0.5, 0.6) is 0 Å². The van der Waals surface area contributed by atoms with Crippen LogP contribution in [0.3, 0.4) is 0 Å². The molecule has 0 radical (unpaired) electrons. The Morgan fingerprint density at radius 1 is 1.26 bits per heavy atom. The first kappa shape index (κ1) is 20.0. The fourth-order valence-electron chi connectivity index (χ4n) is 3.67. The maximum atomic E-state index is 12.9. The highest BCUT2D eigenvalue weighted by molar-refractivity contribution is 5.85. The molecule has 0 aliphatic heterocycles. The zero-order valence-electron chi connectivity index (χ0n) is 14.4. The number of carbonyl (C=O) groups excluding carboxylic acids is 1. The van der Waals surface area contributed by atoms with Gasteiger partial charge in [-0.1, -0.05) is 50.6 Å². The molecule has 0 heterocycles. The van der Waals surface area contributed by atoms with Crippen molar-refractivity contribution in [3.8, 4) is 0 Å². The summed E-state index contributed by atoms with van der Waals surface area (Å²) < 4.78 is 0. The Balaban J connectivity index is 0.00000264. The summed E-state index contributed by atoms with van der Waals surface area (Å²) in [6.45, 7) is 5.13. The summed E-state index contributed by atoms with van der Waals surface area (Å²) in [5, 5.41) is 0. The fourth-order valence-corrected chi connectivity index (χ4v) is 3.67. The minimum atomic E-state index is 0. The molecule has 1 aromatic rings. The zero-order chi connectivity index (χ0) is 15.9. The lowest BCUT2D eigenvalue weighted by Gasteiger charge is -2.33. The Kier molecular flexibility index (Phi) is 8.64. The summed E-state index contributed by atoms with van der Waals surface area (Å²) in [7, 11) is 0. The van der Waals surface area contributed by atoms with Crippen LogP contribution in [0, 0.1) is 5.92 Å². The molecule has 2 N–H and O–H groups in total. The Morgan fingerprint density at radius 2 is 1.96 bits per heavy atom. The van der Waals surface area contributed by atoms with Gasteiger partial charge >= 0.3 is 0 Å². The number of amides is 1. The lowest BCUT2D eigenvalue weighted by atomic mass is 9.97. The van der Waals surface area contributed by atoms with Crippen molar-refractivity contribution < 1.29 is 4.79 Å². The van der Waals surface area contributed by atoms with Crippen LogP contribution in [0.4, 0.5) is 0 Å². The van der Waals surface area contributed by atoms with Crippen LogP contribution in [0.25, 0.3) is 0 Å². The van der Waals surface area contributed by atoms with Crippen LogP contribution in [0.1, 0.15) is 64.0 Å². The number of hydrogen-bond donors (Lipinski definition) is 1. The minimum absolute atomic E-state index is 0. The molecule has 2 rings (SSSR count). The molecule has 23 heavy (non-hydrogen) atoms. The third-order valence-electron chi connectivity index (χ3n) is 4.89. The van der Waals surface area contributed by atoms with Crippen molar-refractivity contribution in [2.45, 2.75) is 64.5 Å². The van der Waals surface area contributed by atoms with Crippen molar-refractivity contribution in [3.63, 3.8) is 0 Å². The van der Waals surface area contributed by atoms with Gasteiger partial charge in [0.1, 0.15) is 0 Å². The quantitative estimate of drug-likeness (QED) is 0.805. The third-order valence-corrected chi connectivity index (χ3v) is 4.89. The Bertz CT molecular complexity index is 466. The highest BCUT2D eigenvalue weighted by Crippen LogP contribution is 2.30. The van der Waals surface area contributed by atoms with E-state index in [0.29, 0.717) is 12.3 Å². The molecule has 1 aliphatic rings. The van der Waals surface area contributed by atoms with Gasteiger partial charge in [-0.25, -0.2) is 0 Å².